The van der Waals surface area contributed by atoms with Crippen LogP contribution in [0.3, 0.4) is 0 Å². The molecule has 1 aliphatic rings. The van der Waals surface area contributed by atoms with Gasteiger partial charge in [-0.25, -0.2) is 0 Å². The topological polar surface area (TPSA) is 60.0 Å². The summed E-state index contributed by atoms with van der Waals surface area (Å²) in [5.74, 6) is 1.26. The molecule has 0 aliphatic carbocycles. The van der Waals surface area contributed by atoms with Gasteiger partial charge in [0.25, 0.3) is 0 Å². The Balaban J connectivity index is 1.89. The molecule has 23 heavy (non-hydrogen) atoms. The predicted molar refractivity (Wildman–Crippen MR) is 89.2 cm³/mol. The van der Waals surface area contributed by atoms with Gasteiger partial charge in [0.1, 0.15) is 11.5 Å². The third-order valence-corrected chi connectivity index (χ3v) is 3.83. The molecule has 0 unspecified atom stereocenters. The molecule has 0 aromatic heterocycles. The van der Waals surface area contributed by atoms with Crippen molar-refractivity contribution in [2.24, 2.45) is 0 Å². The zero-order chi connectivity index (χ0) is 16.8. The number of nitrogens with zero attached hydrogens (tertiary/aromatic N) is 1. The van der Waals surface area contributed by atoms with Crippen molar-refractivity contribution >= 4 is 11.6 Å². The lowest BCUT2D eigenvalue weighted by molar-refractivity contribution is -0.117. The maximum absolute atomic E-state index is 12.2. The van der Waals surface area contributed by atoms with E-state index >= 15 is 0 Å². The molecule has 1 aromatic carbocycles. The average molecular weight is 322 g/mol. The van der Waals surface area contributed by atoms with Gasteiger partial charge >= 0.3 is 0 Å². The highest BCUT2D eigenvalue weighted by atomic mass is 16.5. The van der Waals surface area contributed by atoms with Gasteiger partial charge in [-0.2, -0.15) is 0 Å². The van der Waals surface area contributed by atoms with Gasteiger partial charge in [0.15, 0.2) is 0 Å². The summed E-state index contributed by atoms with van der Waals surface area (Å²) in [5.41, 5.74) is 0.626. The number of hydrogen-bond acceptors (Lipinski definition) is 5. The van der Waals surface area contributed by atoms with Crippen LogP contribution in [-0.2, 0) is 9.53 Å². The van der Waals surface area contributed by atoms with Crippen molar-refractivity contribution in [1.29, 1.82) is 0 Å². The molecule has 1 aliphatic heterocycles. The molecule has 1 fully saturated rings. The van der Waals surface area contributed by atoms with Crippen LogP contribution in [-0.4, -0.2) is 56.9 Å². The van der Waals surface area contributed by atoms with Gasteiger partial charge in [-0.3, -0.25) is 9.69 Å². The lowest BCUT2D eigenvalue weighted by Crippen LogP contribution is -2.46. The maximum Gasteiger partial charge on any atom is 0.225 e. The van der Waals surface area contributed by atoms with Crippen LogP contribution in [0.5, 0.6) is 11.5 Å². The fourth-order valence-corrected chi connectivity index (χ4v) is 2.85. The average Bonchev–Trinajstić information content (AvgIpc) is 2.52. The Hall–Kier alpha value is -1.79. The number of nitrogens with one attached hydrogen (secondary N) is 1. The van der Waals surface area contributed by atoms with E-state index < -0.39 is 0 Å². The van der Waals surface area contributed by atoms with Crippen molar-refractivity contribution in [3.63, 3.8) is 0 Å². The van der Waals surface area contributed by atoms with Crippen LogP contribution in [0.25, 0.3) is 0 Å². The molecule has 6 heteroatoms. The van der Waals surface area contributed by atoms with Crippen molar-refractivity contribution in [2.75, 3.05) is 39.2 Å². The number of methoxy groups -OCH3 is 2. The number of morpholine rings is 1. The number of amides is 1. The minimum Gasteiger partial charge on any atom is -0.497 e. The first-order valence-electron chi connectivity index (χ1n) is 7.91. The molecule has 0 radical (unpaired) electrons. The zero-order valence-electron chi connectivity index (χ0n) is 14.3. The smallest absolute Gasteiger partial charge is 0.225 e. The third-order valence-electron chi connectivity index (χ3n) is 3.83. The Morgan fingerprint density at radius 2 is 1.96 bits per heavy atom. The zero-order valence-corrected chi connectivity index (χ0v) is 14.3. The molecular weight excluding hydrogens is 296 g/mol. The van der Waals surface area contributed by atoms with Gasteiger partial charge in [-0.15, -0.1) is 0 Å². The maximum atomic E-state index is 12.2. The summed E-state index contributed by atoms with van der Waals surface area (Å²) in [6.07, 6.45) is 0.848. The summed E-state index contributed by atoms with van der Waals surface area (Å²) >= 11 is 0. The molecule has 1 heterocycles. The molecule has 0 spiro atoms. The minimum atomic E-state index is -0.0386. The standard InChI is InChI=1S/C17H26N2O4/c1-12-10-19(11-13(2)23-12)8-7-17(20)18-15-9-14(21-3)5-6-16(15)22-4/h5-6,9,12-13H,7-8,10-11H2,1-4H3,(H,18,20)/t12-,13-/m1/s1. The van der Waals surface area contributed by atoms with Gasteiger partial charge in [-0.1, -0.05) is 0 Å². The van der Waals surface area contributed by atoms with Crippen molar-refractivity contribution < 1.29 is 19.0 Å². The van der Waals surface area contributed by atoms with Gasteiger partial charge in [0.05, 0.1) is 32.1 Å². The lowest BCUT2D eigenvalue weighted by Gasteiger charge is -2.35. The van der Waals surface area contributed by atoms with E-state index in [1.807, 2.05) is 0 Å². The van der Waals surface area contributed by atoms with Crippen LogP contribution in [0.2, 0.25) is 0 Å². The molecule has 6 nitrogen and oxygen atoms in total. The van der Waals surface area contributed by atoms with Crippen molar-refractivity contribution in [3.05, 3.63) is 18.2 Å². The predicted octanol–water partition coefficient (Wildman–Crippen LogP) is 2.14. The summed E-state index contributed by atoms with van der Waals surface area (Å²) in [7, 11) is 3.17. The van der Waals surface area contributed by atoms with Crippen LogP contribution in [0.15, 0.2) is 18.2 Å². The van der Waals surface area contributed by atoms with Crippen LogP contribution in [0.4, 0.5) is 5.69 Å². The van der Waals surface area contributed by atoms with Crippen LogP contribution in [0.1, 0.15) is 20.3 Å². The van der Waals surface area contributed by atoms with E-state index in [9.17, 15) is 4.79 Å². The highest BCUT2D eigenvalue weighted by molar-refractivity contribution is 5.92. The van der Waals surface area contributed by atoms with Gasteiger partial charge in [0.2, 0.25) is 5.91 Å². The fraction of sp³-hybridized carbons (Fsp3) is 0.588. The Bertz CT molecular complexity index is 525. The van der Waals surface area contributed by atoms with E-state index in [-0.39, 0.29) is 18.1 Å². The molecular formula is C17H26N2O4. The molecule has 0 saturated carbocycles. The summed E-state index contributed by atoms with van der Waals surface area (Å²) < 4.78 is 16.2. The number of carbonyl (C=O) groups is 1. The van der Waals surface area contributed by atoms with E-state index in [0.717, 1.165) is 19.6 Å². The normalized spacial score (nSPS) is 21.7. The molecule has 2 atom stereocenters. The Morgan fingerprint density at radius 3 is 2.57 bits per heavy atom. The fourth-order valence-electron chi connectivity index (χ4n) is 2.85. The SMILES string of the molecule is COc1ccc(OC)c(NC(=O)CCN2C[C@@H](C)O[C@H](C)C2)c1. The second-order valence-corrected chi connectivity index (χ2v) is 5.88. The minimum absolute atomic E-state index is 0.0386. The summed E-state index contributed by atoms with van der Waals surface area (Å²) in [4.78, 5) is 14.5. The number of carbonyl (C=O) groups excluding carboxylic acids is 1. The summed E-state index contributed by atoms with van der Waals surface area (Å²) in [6, 6.07) is 5.33. The molecule has 2 rings (SSSR count). The van der Waals surface area contributed by atoms with Crippen molar-refractivity contribution in [2.45, 2.75) is 32.5 Å². The van der Waals surface area contributed by atoms with Gasteiger partial charge in [0, 0.05) is 32.1 Å². The first-order valence-corrected chi connectivity index (χ1v) is 7.91. The number of anilines is 1. The first-order chi connectivity index (χ1) is 11.0. The Labute approximate surface area is 137 Å². The van der Waals surface area contributed by atoms with Crippen LogP contribution in [0, 0.1) is 0 Å². The monoisotopic (exact) mass is 322 g/mol. The van der Waals surface area contributed by atoms with Crippen molar-refractivity contribution in [3.8, 4) is 11.5 Å². The second kappa shape index (κ2) is 8.17. The third kappa shape index (κ3) is 5.11. The van der Waals surface area contributed by atoms with E-state index in [2.05, 4.69) is 24.1 Å². The lowest BCUT2D eigenvalue weighted by atomic mass is 10.2. The number of rotatable bonds is 6. The molecule has 1 N–H and O–H groups in total. The van der Waals surface area contributed by atoms with Gasteiger partial charge in [-0.05, 0) is 26.0 Å². The van der Waals surface area contributed by atoms with E-state index in [1.165, 1.54) is 0 Å². The number of ether oxygens (including phenoxy) is 3. The molecule has 1 aromatic rings. The Morgan fingerprint density at radius 1 is 1.26 bits per heavy atom. The number of benzene rings is 1. The summed E-state index contributed by atoms with van der Waals surface area (Å²) in [6.45, 7) is 6.56. The largest absolute Gasteiger partial charge is 0.497 e. The first kappa shape index (κ1) is 17.6. The quantitative estimate of drug-likeness (QED) is 0.869. The van der Waals surface area contributed by atoms with E-state index in [1.54, 1.807) is 32.4 Å². The van der Waals surface area contributed by atoms with Crippen LogP contribution < -0.4 is 14.8 Å². The highest BCUT2D eigenvalue weighted by Crippen LogP contribution is 2.28. The highest BCUT2D eigenvalue weighted by Gasteiger charge is 2.22. The van der Waals surface area contributed by atoms with Gasteiger partial charge < -0.3 is 19.5 Å². The number of hydrogen-bond donors (Lipinski definition) is 1. The van der Waals surface area contributed by atoms with Crippen molar-refractivity contribution in [1.82, 2.24) is 4.90 Å². The van der Waals surface area contributed by atoms with Crippen LogP contribution >= 0.6 is 0 Å². The molecule has 0 bridgehead atoms. The second-order valence-electron chi connectivity index (χ2n) is 5.88. The molecule has 128 valence electrons. The van der Waals surface area contributed by atoms with E-state index in [0.29, 0.717) is 23.6 Å². The molecule has 1 saturated heterocycles. The summed E-state index contributed by atoms with van der Waals surface area (Å²) in [5, 5.41) is 2.90. The van der Waals surface area contributed by atoms with E-state index in [4.69, 9.17) is 14.2 Å². The Kier molecular flexibility index (Phi) is 6.24. The molecule has 1 amide bonds.